The molecule has 53 heavy (non-hydrogen) atoms. The van der Waals surface area contributed by atoms with E-state index in [-0.39, 0.29) is 11.1 Å². The molecule has 0 amide bonds. The minimum absolute atomic E-state index is 0.119. The molecule has 2 aliphatic heterocycles. The summed E-state index contributed by atoms with van der Waals surface area (Å²) in [5.74, 6) is 2.43. The van der Waals surface area contributed by atoms with E-state index in [0.717, 1.165) is 6.42 Å². The number of nitrogens with zero attached hydrogens (tertiary/aromatic N) is 2. The number of rotatable bonds is 4. The molecule has 2 fully saturated rings. The van der Waals surface area contributed by atoms with Crippen molar-refractivity contribution in [2.45, 2.75) is 82.7 Å². The monoisotopic (exact) mass is 688 g/mol. The largest absolute Gasteiger partial charge is 0.335 e. The Morgan fingerprint density at radius 2 is 0.868 bits per heavy atom. The highest BCUT2D eigenvalue weighted by molar-refractivity contribution is 5.86. The lowest BCUT2D eigenvalue weighted by molar-refractivity contribution is 0.414. The molecular weight excluding hydrogens is 641 g/mol. The van der Waals surface area contributed by atoms with Gasteiger partial charge in [-0.3, -0.25) is 0 Å². The molecule has 0 bridgehead atoms. The summed E-state index contributed by atoms with van der Waals surface area (Å²) in [5, 5.41) is 0. The molecule has 2 heteroatoms. The van der Waals surface area contributed by atoms with Crippen molar-refractivity contribution in [1.82, 2.24) is 0 Å². The standard InChI is InChI=1S/C51H48N2/c1-32-23-25-50(3)48(32)44-30-36(17-21-46(44)52(50)40-11-7-5-8-12-40)34-15-19-42-38(27-34)29-39-28-35(16-20-43(39)42)37-18-22-47-45(31-37)49-33(2)24-26-51(49,4)53(47)41-13-9-6-10-14-41/h5-22,27-28,30-33,48-49H,23-26,29H2,1-4H3. The van der Waals surface area contributed by atoms with Crippen LogP contribution in [0.15, 0.2) is 133 Å². The van der Waals surface area contributed by atoms with Crippen molar-refractivity contribution in [3.63, 3.8) is 0 Å². The fourth-order valence-electron chi connectivity index (χ4n) is 12.2. The van der Waals surface area contributed by atoms with Gasteiger partial charge in [-0.25, -0.2) is 0 Å². The third-order valence-corrected chi connectivity index (χ3v) is 14.5. The summed E-state index contributed by atoms with van der Waals surface area (Å²) in [5.41, 5.74) is 19.8. The lowest BCUT2D eigenvalue weighted by Crippen LogP contribution is -2.40. The van der Waals surface area contributed by atoms with E-state index in [1.54, 1.807) is 0 Å². The van der Waals surface area contributed by atoms with Gasteiger partial charge in [0.05, 0.1) is 0 Å². The highest BCUT2D eigenvalue weighted by Gasteiger charge is 2.55. The predicted octanol–water partition coefficient (Wildman–Crippen LogP) is 13.4. The van der Waals surface area contributed by atoms with Crippen LogP contribution in [0.2, 0.25) is 0 Å². The van der Waals surface area contributed by atoms with Crippen LogP contribution in [0.3, 0.4) is 0 Å². The minimum atomic E-state index is 0.119. The molecule has 2 nitrogen and oxygen atoms in total. The van der Waals surface area contributed by atoms with Gasteiger partial charge in [-0.15, -0.1) is 0 Å². The highest BCUT2D eigenvalue weighted by Crippen LogP contribution is 2.62. The summed E-state index contributed by atoms with van der Waals surface area (Å²) in [6.07, 6.45) is 6.01. The Labute approximate surface area is 315 Å². The molecule has 6 atom stereocenters. The third-order valence-electron chi connectivity index (χ3n) is 14.5. The Balaban J connectivity index is 0.917. The van der Waals surface area contributed by atoms with E-state index >= 15 is 0 Å². The van der Waals surface area contributed by atoms with Crippen LogP contribution in [0, 0.1) is 11.8 Å². The molecule has 0 aromatic heterocycles. The van der Waals surface area contributed by atoms with E-state index < -0.39 is 0 Å². The Morgan fingerprint density at radius 1 is 0.472 bits per heavy atom. The van der Waals surface area contributed by atoms with E-state index in [4.69, 9.17) is 0 Å². The average molecular weight is 689 g/mol. The first kappa shape index (κ1) is 31.4. The summed E-state index contributed by atoms with van der Waals surface area (Å²) in [6.45, 7) is 9.94. The minimum Gasteiger partial charge on any atom is -0.335 e. The summed E-state index contributed by atoms with van der Waals surface area (Å²) < 4.78 is 0. The van der Waals surface area contributed by atoms with E-state index in [2.05, 4.69) is 171 Å². The Kier molecular flexibility index (Phi) is 6.65. The average Bonchev–Trinajstić information content (AvgIpc) is 3.93. The lowest BCUT2D eigenvalue weighted by Gasteiger charge is -2.38. The van der Waals surface area contributed by atoms with Crippen LogP contribution in [0.4, 0.5) is 22.7 Å². The van der Waals surface area contributed by atoms with Crippen LogP contribution in [0.1, 0.15) is 87.5 Å². The second-order valence-corrected chi connectivity index (χ2v) is 17.5. The van der Waals surface area contributed by atoms with Gasteiger partial charge in [-0.1, -0.05) is 98.8 Å². The molecular formula is C51H48N2. The maximum Gasteiger partial charge on any atom is 0.0495 e. The van der Waals surface area contributed by atoms with Gasteiger partial charge < -0.3 is 9.80 Å². The van der Waals surface area contributed by atoms with Crippen LogP contribution in [-0.2, 0) is 6.42 Å². The van der Waals surface area contributed by atoms with E-state index in [1.165, 1.54) is 104 Å². The normalized spacial score (nSPS) is 27.3. The maximum absolute atomic E-state index is 2.66. The first-order chi connectivity index (χ1) is 25.8. The second-order valence-electron chi connectivity index (χ2n) is 17.5. The zero-order valence-electron chi connectivity index (χ0n) is 31.4. The first-order valence-corrected chi connectivity index (χ1v) is 20.1. The zero-order valence-corrected chi connectivity index (χ0v) is 31.4. The number of anilines is 4. The first-order valence-electron chi connectivity index (χ1n) is 20.1. The SMILES string of the molecule is CC1CCC2(C)C1c1cc(-c3ccc4c(c3)Cc3cc(-c5ccc6c(c5)C5C(C)CCC5(C)N6c5ccccc5)ccc3-4)ccc1N2c1ccccc1. The number of hydrogen-bond acceptors (Lipinski definition) is 2. The molecule has 3 aliphatic carbocycles. The van der Waals surface area contributed by atoms with Gasteiger partial charge >= 0.3 is 0 Å². The van der Waals surface area contributed by atoms with Crippen molar-refractivity contribution in [3.8, 4) is 33.4 Å². The van der Waals surface area contributed by atoms with Crippen LogP contribution in [0.5, 0.6) is 0 Å². The van der Waals surface area contributed by atoms with Gasteiger partial charge in [0.2, 0.25) is 0 Å². The fourth-order valence-corrected chi connectivity index (χ4v) is 12.2. The molecule has 0 N–H and O–H groups in total. The molecule has 0 spiro atoms. The molecule has 11 rings (SSSR count). The van der Waals surface area contributed by atoms with Gasteiger partial charge in [0.1, 0.15) is 0 Å². The molecule has 0 saturated heterocycles. The van der Waals surface area contributed by atoms with E-state index in [9.17, 15) is 0 Å². The second kappa shape index (κ2) is 11.2. The number of benzene rings is 6. The Morgan fingerprint density at radius 3 is 1.30 bits per heavy atom. The number of hydrogen-bond donors (Lipinski definition) is 0. The zero-order chi connectivity index (χ0) is 35.6. The van der Waals surface area contributed by atoms with Gasteiger partial charge in [-0.2, -0.15) is 0 Å². The summed E-state index contributed by atoms with van der Waals surface area (Å²) >= 11 is 0. The Hall–Kier alpha value is -5.08. The van der Waals surface area contributed by atoms with Gasteiger partial charge in [-0.05, 0) is 162 Å². The quantitative estimate of drug-likeness (QED) is 0.182. The molecule has 6 aromatic carbocycles. The fraction of sp³-hybridized carbons (Fsp3) is 0.294. The molecule has 2 saturated carbocycles. The predicted molar refractivity (Wildman–Crippen MR) is 222 cm³/mol. The molecule has 262 valence electrons. The Bertz CT molecular complexity index is 2260. The van der Waals surface area contributed by atoms with Gasteiger partial charge in [0.25, 0.3) is 0 Å². The van der Waals surface area contributed by atoms with Crippen LogP contribution in [0.25, 0.3) is 33.4 Å². The van der Waals surface area contributed by atoms with Crippen molar-refractivity contribution >= 4 is 22.7 Å². The lowest BCUT2D eigenvalue weighted by atomic mass is 9.82. The highest BCUT2D eigenvalue weighted by atomic mass is 15.3. The van der Waals surface area contributed by atoms with Gasteiger partial charge in [0, 0.05) is 45.7 Å². The van der Waals surface area contributed by atoms with E-state index in [1.807, 2.05) is 0 Å². The smallest absolute Gasteiger partial charge is 0.0495 e. The van der Waals surface area contributed by atoms with Crippen molar-refractivity contribution in [1.29, 1.82) is 0 Å². The number of para-hydroxylation sites is 2. The van der Waals surface area contributed by atoms with Crippen LogP contribution in [-0.4, -0.2) is 11.1 Å². The van der Waals surface area contributed by atoms with Crippen molar-refractivity contribution in [3.05, 3.63) is 156 Å². The van der Waals surface area contributed by atoms with Crippen molar-refractivity contribution in [2.75, 3.05) is 9.80 Å². The van der Waals surface area contributed by atoms with Crippen LogP contribution < -0.4 is 9.80 Å². The summed E-state index contributed by atoms with van der Waals surface area (Å²) in [7, 11) is 0. The topological polar surface area (TPSA) is 6.48 Å². The summed E-state index contributed by atoms with van der Waals surface area (Å²) in [4.78, 5) is 5.31. The molecule has 2 heterocycles. The maximum atomic E-state index is 2.66. The van der Waals surface area contributed by atoms with Crippen molar-refractivity contribution < 1.29 is 0 Å². The van der Waals surface area contributed by atoms with Crippen molar-refractivity contribution in [2.24, 2.45) is 11.8 Å². The molecule has 6 unspecified atom stereocenters. The molecule has 5 aliphatic rings. The summed E-state index contributed by atoms with van der Waals surface area (Å²) in [6, 6.07) is 51.2. The van der Waals surface area contributed by atoms with Gasteiger partial charge in [0.15, 0.2) is 0 Å². The molecule has 0 radical (unpaired) electrons. The number of fused-ring (bicyclic) bond motifs is 9. The third kappa shape index (κ3) is 4.39. The molecule has 6 aromatic rings. The van der Waals surface area contributed by atoms with E-state index in [0.29, 0.717) is 23.7 Å². The van der Waals surface area contributed by atoms with Crippen LogP contribution >= 0.6 is 0 Å².